The van der Waals surface area contributed by atoms with E-state index in [4.69, 9.17) is 4.42 Å². The smallest absolute Gasteiger partial charge is 0.444 e. The molecule has 0 fully saturated rings. The molecule has 0 radical (unpaired) electrons. The van der Waals surface area contributed by atoms with Gasteiger partial charge in [-0.05, 0) is 30.7 Å². The van der Waals surface area contributed by atoms with E-state index < -0.39 is 6.36 Å². The minimum atomic E-state index is -4.72. The van der Waals surface area contributed by atoms with Crippen molar-refractivity contribution < 1.29 is 27.1 Å². The number of carbonyl (C=O) groups is 1. The number of benzene rings is 1. The largest absolute Gasteiger partial charge is 0.573 e. The van der Waals surface area contributed by atoms with Crippen molar-refractivity contribution in [3.63, 3.8) is 0 Å². The van der Waals surface area contributed by atoms with Crippen molar-refractivity contribution in [1.82, 2.24) is 4.98 Å². The first-order valence-corrected chi connectivity index (χ1v) is 5.72. The van der Waals surface area contributed by atoms with E-state index in [1.54, 1.807) is 0 Å². The van der Waals surface area contributed by atoms with Crippen molar-refractivity contribution >= 4 is 6.29 Å². The zero-order chi connectivity index (χ0) is 14.6. The Morgan fingerprint density at radius 3 is 2.55 bits per heavy atom. The predicted octanol–water partition coefficient (Wildman–Crippen LogP) is 3.37. The van der Waals surface area contributed by atoms with Gasteiger partial charge in [-0.2, -0.15) is 0 Å². The Morgan fingerprint density at radius 2 is 1.95 bits per heavy atom. The summed E-state index contributed by atoms with van der Waals surface area (Å²) < 4.78 is 45.0. The molecule has 106 valence electrons. The Bertz CT molecular complexity index is 575. The summed E-state index contributed by atoms with van der Waals surface area (Å²) in [5.41, 5.74) is 1.14. The van der Waals surface area contributed by atoms with Crippen LogP contribution in [0.2, 0.25) is 0 Å². The lowest BCUT2D eigenvalue weighted by Crippen LogP contribution is -2.16. The van der Waals surface area contributed by atoms with E-state index in [1.807, 2.05) is 0 Å². The van der Waals surface area contributed by atoms with Crippen molar-refractivity contribution in [3.05, 3.63) is 36.2 Å². The molecule has 1 aromatic carbocycles. The second-order valence-electron chi connectivity index (χ2n) is 3.92. The van der Waals surface area contributed by atoms with Crippen LogP contribution in [0.4, 0.5) is 13.2 Å². The molecule has 1 aromatic heterocycles. The first-order chi connectivity index (χ1) is 9.48. The number of rotatable bonds is 5. The molecule has 0 amide bonds. The summed E-state index contributed by atoms with van der Waals surface area (Å²) in [6.07, 6.45) is -1.73. The summed E-state index contributed by atoms with van der Waals surface area (Å²) in [4.78, 5) is 14.4. The Labute approximate surface area is 112 Å². The fraction of sp³-hybridized carbons (Fsp3) is 0.231. The SMILES string of the molecule is O=CCCc1coc(-c2ccc(OC(F)(F)F)cc2)n1. The maximum Gasteiger partial charge on any atom is 0.573 e. The molecule has 0 saturated carbocycles. The number of halogens is 3. The van der Waals surface area contributed by atoms with E-state index in [-0.39, 0.29) is 11.6 Å². The van der Waals surface area contributed by atoms with E-state index >= 15 is 0 Å². The molecule has 0 spiro atoms. The highest BCUT2D eigenvalue weighted by molar-refractivity contribution is 5.55. The highest BCUT2D eigenvalue weighted by Crippen LogP contribution is 2.26. The zero-order valence-corrected chi connectivity index (χ0v) is 10.2. The minimum absolute atomic E-state index is 0.282. The van der Waals surface area contributed by atoms with Gasteiger partial charge in [-0.25, -0.2) is 4.98 Å². The van der Waals surface area contributed by atoms with Gasteiger partial charge in [0.1, 0.15) is 18.3 Å². The molecule has 2 aromatic rings. The van der Waals surface area contributed by atoms with E-state index in [1.165, 1.54) is 30.5 Å². The van der Waals surface area contributed by atoms with Gasteiger partial charge in [0.2, 0.25) is 5.89 Å². The monoisotopic (exact) mass is 285 g/mol. The third-order valence-corrected chi connectivity index (χ3v) is 2.40. The third kappa shape index (κ3) is 3.84. The second kappa shape index (κ2) is 5.77. The number of nitrogens with zero attached hydrogens (tertiary/aromatic N) is 1. The summed E-state index contributed by atoms with van der Waals surface area (Å²) in [6.45, 7) is 0. The summed E-state index contributed by atoms with van der Waals surface area (Å²) in [5.74, 6) is -0.0292. The lowest BCUT2D eigenvalue weighted by Gasteiger charge is -2.08. The van der Waals surface area contributed by atoms with Crippen LogP contribution < -0.4 is 4.74 Å². The number of aryl methyl sites for hydroxylation is 1. The van der Waals surface area contributed by atoms with Gasteiger partial charge < -0.3 is 13.9 Å². The summed E-state index contributed by atoms with van der Waals surface area (Å²) >= 11 is 0. The normalized spacial score (nSPS) is 11.3. The molecule has 1 heterocycles. The van der Waals surface area contributed by atoms with E-state index in [0.29, 0.717) is 24.1 Å². The van der Waals surface area contributed by atoms with E-state index in [9.17, 15) is 18.0 Å². The van der Waals surface area contributed by atoms with Crippen LogP contribution in [0.25, 0.3) is 11.5 Å². The van der Waals surface area contributed by atoms with Crippen LogP contribution in [0.3, 0.4) is 0 Å². The van der Waals surface area contributed by atoms with Gasteiger partial charge in [0.15, 0.2) is 0 Å². The van der Waals surface area contributed by atoms with Crippen LogP contribution in [0.15, 0.2) is 34.9 Å². The van der Waals surface area contributed by atoms with E-state index in [0.717, 1.165) is 6.29 Å². The van der Waals surface area contributed by atoms with Gasteiger partial charge in [0, 0.05) is 12.0 Å². The Morgan fingerprint density at radius 1 is 1.25 bits per heavy atom. The van der Waals surface area contributed by atoms with Crippen molar-refractivity contribution in [3.8, 4) is 17.2 Å². The average Bonchev–Trinajstić information content (AvgIpc) is 2.84. The van der Waals surface area contributed by atoms with Crippen LogP contribution in [-0.2, 0) is 11.2 Å². The maximum atomic E-state index is 12.0. The molecular formula is C13H10F3NO3. The maximum absolute atomic E-state index is 12.0. The molecule has 0 N–H and O–H groups in total. The number of oxazole rings is 1. The standard InChI is InChI=1S/C13H10F3NO3/c14-13(15,16)20-11-5-3-9(4-6-11)12-17-10(8-19-12)2-1-7-18/h3-8H,1-2H2. The molecule has 20 heavy (non-hydrogen) atoms. The van der Waals surface area contributed by atoms with E-state index in [2.05, 4.69) is 9.72 Å². The molecular weight excluding hydrogens is 275 g/mol. The topological polar surface area (TPSA) is 52.3 Å². The van der Waals surface area contributed by atoms with Crippen molar-refractivity contribution in [2.24, 2.45) is 0 Å². The first-order valence-electron chi connectivity index (χ1n) is 5.72. The second-order valence-corrected chi connectivity index (χ2v) is 3.92. The molecule has 0 unspecified atom stereocenters. The lowest BCUT2D eigenvalue weighted by molar-refractivity contribution is -0.274. The Balaban J connectivity index is 2.09. The lowest BCUT2D eigenvalue weighted by atomic mass is 10.2. The van der Waals surface area contributed by atoms with Gasteiger partial charge in [0.05, 0.1) is 5.69 Å². The average molecular weight is 285 g/mol. The molecule has 7 heteroatoms. The minimum Gasteiger partial charge on any atom is -0.444 e. The fourth-order valence-corrected chi connectivity index (χ4v) is 1.56. The molecule has 0 atom stereocenters. The predicted molar refractivity (Wildman–Crippen MR) is 63.0 cm³/mol. The van der Waals surface area contributed by atoms with Gasteiger partial charge >= 0.3 is 6.36 Å². The number of hydrogen-bond acceptors (Lipinski definition) is 4. The number of carbonyl (C=O) groups excluding carboxylic acids is 1. The summed E-state index contributed by atoms with van der Waals surface area (Å²) in [7, 11) is 0. The van der Waals surface area contributed by atoms with Crippen LogP contribution in [0.1, 0.15) is 12.1 Å². The highest BCUT2D eigenvalue weighted by atomic mass is 19.4. The highest BCUT2D eigenvalue weighted by Gasteiger charge is 2.31. The zero-order valence-electron chi connectivity index (χ0n) is 10.2. The van der Waals surface area contributed by atoms with Crippen LogP contribution in [-0.4, -0.2) is 17.6 Å². The molecule has 0 bridgehead atoms. The summed E-state index contributed by atoms with van der Waals surface area (Å²) in [6, 6.07) is 5.18. The van der Waals surface area contributed by atoms with Gasteiger partial charge in [-0.1, -0.05) is 0 Å². The number of aldehydes is 1. The van der Waals surface area contributed by atoms with Crippen molar-refractivity contribution in [2.45, 2.75) is 19.2 Å². The Hall–Kier alpha value is -2.31. The van der Waals surface area contributed by atoms with Crippen LogP contribution >= 0.6 is 0 Å². The molecule has 0 aliphatic heterocycles. The number of hydrogen-bond donors (Lipinski definition) is 0. The number of aromatic nitrogens is 1. The van der Waals surface area contributed by atoms with Crippen LogP contribution in [0.5, 0.6) is 5.75 Å². The fourth-order valence-electron chi connectivity index (χ4n) is 1.56. The van der Waals surface area contributed by atoms with Gasteiger partial charge in [-0.15, -0.1) is 13.2 Å². The van der Waals surface area contributed by atoms with Crippen LogP contribution in [0, 0.1) is 0 Å². The molecule has 4 nitrogen and oxygen atoms in total. The third-order valence-electron chi connectivity index (χ3n) is 2.40. The number of alkyl halides is 3. The first kappa shape index (κ1) is 14.1. The van der Waals surface area contributed by atoms with Crippen molar-refractivity contribution in [2.75, 3.05) is 0 Å². The molecule has 0 aliphatic carbocycles. The number of ether oxygens (including phenoxy) is 1. The molecule has 0 aliphatic rings. The quantitative estimate of drug-likeness (QED) is 0.790. The Kier molecular flexibility index (Phi) is 4.07. The summed E-state index contributed by atoms with van der Waals surface area (Å²) in [5, 5.41) is 0. The molecule has 0 saturated heterocycles. The van der Waals surface area contributed by atoms with Gasteiger partial charge in [-0.3, -0.25) is 0 Å². The molecule has 2 rings (SSSR count). The van der Waals surface area contributed by atoms with Gasteiger partial charge in [0.25, 0.3) is 0 Å². The van der Waals surface area contributed by atoms with Crippen molar-refractivity contribution in [1.29, 1.82) is 0 Å².